The van der Waals surface area contributed by atoms with Gasteiger partial charge in [-0.25, -0.2) is 0 Å². The maximum atomic E-state index is 12.6. The van der Waals surface area contributed by atoms with Gasteiger partial charge in [0.25, 0.3) is 15.6 Å². The van der Waals surface area contributed by atoms with Crippen molar-refractivity contribution in [1.29, 1.82) is 0 Å². The fraction of sp³-hybridized carbons (Fsp3) is 0.143. The standard InChI is InChI=1S/C14H13N3O3S/c1-10-3-5-11(6-4-10)21(19,20)17-12-7-8-14(18)16(2)13(12)9-15-17/h3-9H,1-2H3. The van der Waals surface area contributed by atoms with Gasteiger partial charge in [-0.15, -0.1) is 0 Å². The first-order chi connectivity index (χ1) is 9.91. The molecule has 0 unspecified atom stereocenters. The number of hydrogen-bond donors (Lipinski definition) is 0. The van der Waals surface area contributed by atoms with E-state index in [-0.39, 0.29) is 10.5 Å². The summed E-state index contributed by atoms with van der Waals surface area (Å²) in [5, 5.41) is 3.94. The third-order valence-electron chi connectivity index (χ3n) is 3.38. The molecule has 0 saturated carbocycles. The van der Waals surface area contributed by atoms with Gasteiger partial charge in [0.15, 0.2) is 0 Å². The highest BCUT2D eigenvalue weighted by Gasteiger charge is 2.21. The van der Waals surface area contributed by atoms with Crippen molar-refractivity contribution in [3.63, 3.8) is 0 Å². The van der Waals surface area contributed by atoms with E-state index >= 15 is 0 Å². The molecule has 0 radical (unpaired) electrons. The molecule has 108 valence electrons. The van der Waals surface area contributed by atoms with Crippen LogP contribution in [0.25, 0.3) is 11.0 Å². The lowest BCUT2D eigenvalue weighted by atomic mass is 10.2. The highest BCUT2D eigenvalue weighted by molar-refractivity contribution is 7.90. The lowest BCUT2D eigenvalue weighted by Gasteiger charge is -2.06. The van der Waals surface area contributed by atoms with Gasteiger partial charge in [0.1, 0.15) is 5.52 Å². The summed E-state index contributed by atoms with van der Waals surface area (Å²) >= 11 is 0. The van der Waals surface area contributed by atoms with E-state index in [2.05, 4.69) is 5.10 Å². The van der Waals surface area contributed by atoms with Crippen LogP contribution in [0.3, 0.4) is 0 Å². The van der Waals surface area contributed by atoms with Crippen LogP contribution >= 0.6 is 0 Å². The van der Waals surface area contributed by atoms with Gasteiger partial charge in [0.2, 0.25) is 0 Å². The number of hydrogen-bond acceptors (Lipinski definition) is 4. The number of benzene rings is 1. The molecule has 2 heterocycles. The van der Waals surface area contributed by atoms with Gasteiger partial charge < -0.3 is 4.57 Å². The zero-order valence-corrected chi connectivity index (χ0v) is 12.3. The second kappa shape index (κ2) is 4.56. The van der Waals surface area contributed by atoms with Crippen LogP contribution in [0.5, 0.6) is 0 Å². The smallest absolute Gasteiger partial charge is 0.283 e. The van der Waals surface area contributed by atoms with E-state index < -0.39 is 10.0 Å². The summed E-state index contributed by atoms with van der Waals surface area (Å²) in [5.74, 6) is 0. The van der Waals surface area contributed by atoms with Crippen LogP contribution < -0.4 is 5.56 Å². The van der Waals surface area contributed by atoms with E-state index in [9.17, 15) is 13.2 Å². The molecular formula is C14H13N3O3S. The minimum absolute atomic E-state index is 0.159. The Morgan fingerprint density at radius 1 is 1.00 bits per heavy atom. The maximum Gasteiger partial charge on any atom is 0.283 e. The Balaban J connectivity index is 2.27. The van der Waals surface area contributed by atoms with Crippen molar-refractivity contribution in [2.75, 3.05) is 0 Å². The van der Waals surface area contributed by atoms with Crippen LogP contribution in [0.4, 0.5) is 0 Å². The van der Waals surface area contributed by atoms with Crippen LogP contribution in [0.15, 0.2) is 52.3 Å². The number of aromatic nitrogens is 3. The summed E-state index contributed by atoms with van der Waals surface area (Å²) in [5.41, 5.74) is 1.60. The highest BCUT2D eigenvalue weighted by atomic mass is 32.2. The third-order valence-corrected chi connectivity index (χ3v) is 4.99. The molecule has 7 heteroatoms. The summed E-state index contributed by atoms with van der Waals surface area (Å²) in [4.78, 5) is 11.7. The molecule has 0 spiro atoms. The van der Waals surface area contributed by atoms with Crippen LogP contribution in [-0.2, 0) is 17.1 Å². The fourth-order valence-electron chi connectivity index (χ4n) is 2.12. The predicted molar refractivity (Wildman–Crippen MR) is 78.7 cm³/mol. The quantitative estimate of drug-likeness (QED) is 0.715. The summed E-state index contributed by atoms with van der Waals surface area (Å²) in [6.45, 7) is 1.88. The largest absolute Gasteiger partial charge is 0.308 e. The first-order valence-electron chi connectivity index (χ1n) is 6.27. The first kappa shape index (κ1) is 13.6. The first-order valence-corrected chi connectivity index (χ1v) is 7.71. The fourth-order valence-corrected chi connectivity index (χ4v) is 3.39. The number of nitrogens with zero attached hydrogens (tertiary/aromatic N) is 3. The van der Waals surface area contributed by atoms with Crippen LogP contribution in [-0.4, -0.2) is 22.2 Å². The van der Waals surface area contributed by atoms with Gasteiger partial charge in [-0.2, -0.15) is 17.6 Å². The molecule has 6 nitrogen and oxygen atoms in total. The molecule has 0 fully saturated rings. The summed E-state index contributed by atoms with van der Waals surface area (Å²) in [6, 6.07) is 9.34. The summed E-state index contributed by atoms with van der Waals surface area (Å²) < 4.78 is 27.6. The van der Waals surface area contributed by atoms with Crippen molar-refractivity contribution < 1.29 is 8.42 Å². The van der Waals surface area contributed by atoms with Crippen LogP contribution in [0.1, 0.15) is 5.56 Å². The van der Waals surface area contributed by atoms with E-state index in [1.807, 2.05) is 6.92 Å². The molecule has 0 aliphatic heterocycles. The molecule has 0 N–H and O–H groups in total. The van der Waals surface area contributed by atoms with Crippen molar-refractivity contribution in [3.05, 3.63) is 58.5 Å². The SMILES string of the molecule is Cc1ccc(S(=O)(=O)n2ncc3c2ccc(=O)n3C)cc1. The Labute approximate surface area is 121 Å². The zero-order chi connectivity index (χ0) is 15.2. The molecule has 0 saturated heterocycles. The van der Waals surface area contributed by atoms with E-state index in [0.717, 1.165) is 9.65 Å². The molecule has 0 bridgehead atoms. The van der Waals surface area contributed by atoms with Crippen molar-refractivity contribution in [2.24, 2.45) is 7.05 Å². The molecule has 2 aromatic heterocycles. The van der Waals surface area contributed by atoms with Crippen molar-refractivity contribution >= 4 is 21.1 Å². The second-order valence-electron chi connectivity index (χ2n) is 4.81. The number of fused-ring (bicyclic) bond motifs is 1. The Morgan fingerprint density at radius 2 is 1.67 bits per heavy atom. The molecule has 0 atom stereocenters. The van der Waals surface area contributed by atoms with Gasteiger partial charge in [0, 0.05) is 13.1 Å². The lowest BCUT2D eigenvalue weighted by Crippen LogP contribution is -2.17. The minimum Gasteiger partial charge on any atom is -0.308 e. The molecule has 3 aromatic rings. The topological polar surface area (TPSA) is 74.0 Å². The van der Waals surface area contributed by atoms with Gasteiger partial charge in [0.05, 0.1) is 16.6 Å². The molecule has 1 aromatic carbocycles. The third kappa shape index (κ3) is 2.06. The number of rotatable bonds is 2. The van der Waals surface area contributed by atoms with Gasteiger partial charge in [-0.1, -0.05) is 17.7 Å². The minimum atomic E-state index is -3.78. The van der Waals surface area contributed by atoms with Gasteiger partial charge in [-0.05, 0) is 25.1 Å². The molecule has 0 aliphatic rings. The number of pyridine rings is 1. The van der Waals surface area contributed by atoms with Gasteiger partial charge in [-0.3, -0.25) is 4.79 Å². The van der Waals surface area contributed by atoms with E-state index in [1.165, 1.54) is 22.9 Å². The molecule has 0 aliphatic carbocycles. The zero-order valence-electron chi connectivity index (χ0n) is 11.5. The Kier molecular flexibility index (Phi) is 2.94. The maximum absolute atomic E-state index is 12.6. The van der Waals surface area contributed by atoms with Crippen molar-refractivity contribution in [1.82, 2.24) is 13.8 Å². The predicted octanol–water partition coefficient (Wildman–Crippen LogP) is 1.28. The average molecular weight is 303 g/mol. The summed E-state index contributed by atoms with van der Waals surface area (Å²) in [7, 11) is -2.20. The van der Waals surface area contributed by atoms with E-state index in [1.54, 1.807) is 31.3 Å². The van der Waals surface area contributed by atoms with Crippen LogP contribution in [0.2, 0.25) is 0 Å². The number of aryl methyl sites for hydroxylation is 2. The Morgan fingerprint density at radius 3 is 2.33 bits per heavy atom. The normalized spacial score (nSPS) is 11.9. The Bertz CT molecular complexity index is 982. The average Bonchev–Trinajstić information content (AvgIpc) is 2.89. The van der Waals surface area contributed by atoms with E-state index in [0.29, 0.717) is 11.0 Å². The van der Waals surface area contributed by atoms with Crippen molar-refractivity contribution in [2.45, 2.75) is 11.8 Å². The second-order valence-corrected chi connectivity index (χ2v) is 6.57. The Hall–Kier alpha value is -2.41. The lowest BCUT2D eigenvalue weighted by molar-refractivity contribution is 0.582. The van der Waals surface area contributed by atoms with E-state index in [4.69, 9.17) is 0 Å². The van der Waals surface area contributed by atoms with Crippen LogP contribution in [0, 0.1) is 6.92 Å². The summed E-state index contributed by atoms with van der Waals surface area (Å²) in [6.07, 6.45) is 1.38. The molecular weight excluding hydrogens is 290 g/mol. The van der Waals surface area contributed by atoms with Crippen molar-refractivity contribution in [3.8, 4) is 0 Å². The molecule has 0 amide bonds. The molecule has 21 heavy (non-hydrogen) atoms. The highest BCUT2D eigenvalue weighted by Crippen LogP contribution is 2.19. The van der Waals surface area contributed by atoms with Gasteiger partial charge >= 0.3 is 0 Å². The monoisotopic (exact) mass is 303 g/mol. The molecule has 3 rings (SSSR count).